The fourth-order valence-corrected chi connectivity index (χ4v) is 0.588. The number of esters is 1. The number of rotatable bonds is 2. The first-order valence-electron chi connectivity index (χ1n) is 4.08. The van der Waals surface area contributed by atoms with E-state index >= 15 is 0 Å². The molecule has 0 radical (unpaired) electrons. The minimum Gasteiger partial charge on any atom is -0.469 e. The number of aromatic nitrogens is 1. The second kappa shape index (κ2) is 7.91. The summed E-state index contributed by atoms with van der Waals surface area (Å²) in [6, 6.07) is 5.72. The van der Waals surface area contributed by atoms with Crippen molar-refractivity contribution in [2.75, 3.05) is 7.11 Å². The molecule has 0 bridgehead atoms. The van der Waals surface area contributed by atoms with Gasteiger partial charge < -0.3 is 4.74 Å². The highest BCUT2D eigenvalue weighted by atomic mass is 16.5. The Morgan fingerprint density at radius 3 is 1.93 bits per heavy atom. The van der Waals surface area contributed by atoms with Crippen molar-refractivity contribution in [3.63, 3.8) is 0 Å². The molecular formula is C10H13NO3. The quantitative estimate of drug-likeness (QED) is 0.526. The van der Waals surface area contributed by atoms with E-state index in [1.54, 1.807) is 12.4 Å². The van der Waals surface area contributed by atoms with Gasteiger partial charge in [-0.15, -0.1) is 0 Å². The fraction of sp³-hybridized carbons (Fsp3) is 0.300. The van der Waals surface area contributed by atoms with Gasteiger partial charge in [-0.3, -0.25) is 14.6 Å². The van der Waals surface area contributed by atoms with E-state index in [1.165, 1.54) is 14.0 Å². The molecule has 1 aromatic rings. The Bertz CT molecular complexity index is 245. The van der Waals surface area contributed by atoms with Crippen LogP contribution in [0.2, 0.25) is 0 Å². The monoisotopic (exact) mass is 195 g/mol. The highest BCUT2D eigenvalue weighted by molar-refractivity contribution is 5.93. The van der Waals surface area contributed by atoms with Gasteiger partial charge in [-0.25, -0.2) is 0 Å². The number of methoxy groups -OCH3 is 1. The molecule has 0 unspecified atom stereocenters. The van der Waals surface area contributed by atoms with Crippen LogP contribution in [-0.2, 0) is 14.3 Å². The lowest BCUT2D eigenvalue weighted by molar-refractivity contribution is -0.142. The largest absolute Gasteiger partial charge is 0.469 e. The van der Waals surface area contributed by atoms with Gasteiger partial charge in [-0.1, -0.05) is 6.07 Å². The molecular weight excluding hydrogens is 182 g/mol. The molecule has 1 aromatic heterocycles. The van der Waals surface area contributed by atoms with Gasteiger partial charge in [0.15, 0.2) is 0 Å². The Hall–Kier alpha value is -1.71. The lowest BCUT2D eigenvalue weighted by Gasteiger charge is -1.90. The van der Waals surface area contributed by atoms with Crippen LogP contribution in [0, 0.1) is 0 Å². The van der Waals surface area contributed by atoms with Crippen LogP contribution in [0.5, 0.6) is 0 Å². The van der Waals surface area contributed by atoms with Crippen LogP contribution < -0.4 is 0 Å². The van der Waals surface area contributed by atoms with Crippen molar-refractivity contribution >= 4 is 11.8 Å². The highest BCUT2D eigenvalue weighted by Crippen LogP contribution is 1.83. The maximum atomic E-state index is 10.2. The summed E-state index contributed by atoms with van der Waals surface area (Å²) < 4.78 is 4.20. The molecule has 0 N–H and O–H groups in total. The second-order valence-corrected chi connectivity index (χ2v) is 2.48. The summed E-state index contributed by atoms with van der Waals surface area (Å²) in [6.07, 6.45) is 3.39. The smallest absolute Gasteiger partial charge is 0.313 e. The molecule has 0 saturated carbocycles. The Morgan fingerprint density at radius 1 is 1.21 bits per heavy atom. The summed E-state index contributed by atoms with van der Waals surface area (Å²) in [5, 5.41) is 0. The molecule has 4 heteroatoms. The summed E-state index contributed by atoms with van der Waals surface area (Å²) >= 11 is 0. The Balaban J connectivity index is 0.000000249. The van der Waals surface area contributed by atoms with Crippen LogP contribution in [0.3, 0.4) is 0 Å². The van der Waals surface area contributed by atoms with Gasteiger partial charge in [-0.05, 0) is 19.1 Å². The van der Waals surface area contributed by atoms with E-state index in [2.05, 4.69) is 9.72 Å². The Morgan fingerprint density at radius 2 is 1.79 bits per heavy atom. The molecule has 0 atom stereocenters. The predicted molar refractivity (Wildman–Crippen MR) is 51.6 cm³/mol. The molecule has 1 rings (SSSR count). The third-order valence-electron chi connectivity index (χ3n) is 1.19. The minimum absolute atomic E-state index is 0.115. The molecule has 0 fully saturated rings. The predicted octanol–water partition coefficient (Wildman–Crippen LogP) is 1.22. The van der Waals surface area contributed by atoms with Crippen molar-refractivity contribution in [2.24, 2.45) is 0 Å². The van der Waals surface area contributed by atoms with Crippen LogP contribution in [-0.4, -0.2) is 23.8 Å². The average molecular weight is 195 g/mol. The lowest BCUT2D eigenvalue weighted by Crippen LogP contribution is -2.05. The molecule has 4 nitrogen and oxygen atoms in total. The van der Waals surface area contributed by atoms with Crippen molar-refractivity contribution in [1.82, 2.24) is 4.98 Å². The third-order valence-corrected chi connectivity index (χ3v) is 1.19. The summed E-state index contributed by atoms with van der Waals surface area (Å²) in [5.41, 5.74) is 0. The number of carbonyl (C=O) groups excluding carboxylic acids is 2. The van der Waals surface area contributed by atoms with E-state index in [0.717, 1.165) is 0 Å². The molecule has 0 saturated heterocycles. The molecule has 76 valence electrons. The maximum absolute atomic E-state index is 10.2. The number of Topliss-reactive ketones (excluding diaryl/α,β-unsaturated/α-hetero) is 1. The number of hydrogen-bond acceptors (Lipinski definition) is 4. The summed E-state index contributed by atoms with van der Waals surface area (Å²) in [7, 11) is 1.26. The zero-order valence-corrected chi connectivity index (χ0v) is 8.27. The second-order valence-electron chi connectivity index (χ2n) is 2.48. The van der Waals surface area contributed by atoms with Crippen molar-refractivity contribution in [3.05, 3.63) is 30.6 Å². The number of hydrogen-bond donors (Lipinski definition) is 0. The number of nitrogens with zero attached hydrogens (tertiary/aromatic N) is 1. The SMILES string of the molecule is COC(=O)CC(C)=O.c1ccncc1. The van der Waals surface area contributed by atoms with Gasteiger partial charge in [0.2, 0.25) is 0 Å². The van der Waals surface area contributed by atoms with E-state index in [0.29, 0.717) is 0 Å². The van der Waals surface area contributed by atoms with Gasteiger partial charge in [0.05, 0.1) is 7.11 Å². The number of carbonyl (C=O) groups is 2. The molecule has 0 amide bonds. The maximum Gasteiger partial charge on any atom is 0.313 e. The van der Waals surface area contributed by atoms with E-state index in [-0.39, 0.29) is 12.2 Å². The molecule has 1 heterocycles. The standard InChI is InChI=1S/C5H5N.C5H8O3/c1-2-4-6-5-3-1;1-4(6)3-5(7)8-2/h1-5H;3H2,1-2H3. The number of ketones is 1. The normalized spacial score (nSPS) is 8.14. The van der Waals surface area contributed by atoms with Gasteiger partial charge in [0.25, 0.3) is 0 Å². The molecule has 0 aliphatic rings. The van der Waals surface area contributed by atoms with Crippen molar-refractivity contribution in [3.8, 4) is 0 Å². The molecule has 0 aliphatic carbocycles. The Labute approximate surface area is 82.9 Å². The minimum atomic E-state index is -0.475. The van der Waals surface area contributed by atoms with E-state index < -0.39 is 5.97 Å². The van der Waals surface area contributed by atoms with Crippen LogP contribution in [0.25, 0.3) is 0 Å². The van der Waals surface area contributed by atoms with E-state index in [1.807, 2.05) is 18.2 Å². The topological polar surface area (TPSA) is 56.3 Å². The van der Waals surface area contributed by atoms with Crippen molar-refractivity contribution in [2.45, 2.75) is 13.3 Å². The van der Waals surface area contributed by atoms with Crippen LogP contribution in [0.15, 0.2) is 30.6 Å². The zero-order chi connectivity index (χ0) is 10.8. The summed E-state index contributed by atoms with van der Waals surface area (Å²) in [4.78, 5) is 24.1. The van der Waals surface area contributed by atoms with Gasteiger partial charge in [-0.2, -0.15) is 0 Å². The van der Waals surface area contributed by atoms with Gasteiger partial charge >= 0.3 is 5.97 Å². The number of pyridine rings is 1. The first-order valence-corrected chi connectivity index (χ1v) is 4.08. The average Bonchev–Trinajstić information content (AvgIpc) is 2.20. The fourth-order valence-electron chi connectivity index (χ4n) is 0.588. The van der Waals surface area contributed by atoms with Crippen molar-refractivity contribution < 1.29 is 14.3 Å². The van der Waals surface area contributed by atoms with Crippen LogP contribution in [0.4, 0.5) is 0 Å². The summed E-state index contributed by atoms with van der Waals surface area (Å²) in [6.45, 7) is 1.34. The number of ether oxygens (including phenoxy) is 1. The molecule has 0 aromatic carbocycles. The lowest BCUT2D eigenvalue weighted by atomic mass is 10.3. The zero-order valence-electron chi connectivity index (χ0n) is 8.27. The van der Waals surface area contributed by atoms with Crippen molar-refractivity contribution in [1.29, 1.82) is 0 Å². The van der Waals surface area contributed by atoms with E-state index in [4.69, 9.17) is 0 Å². The molecule has 0 aliphatic heterocycles. The van der Waals surface area contributed by atoms with Gasteiger partial charge in [0.1, 0.15) is 12.2 Å². The highest BCUT2D eigenvalue weighted by Gasteiger charge is 2.01. The first-order chi connectivity index (χ1) is 6.66. The van der Waals surface area contributed by atoms with Crippen LogP contribution >= 0.6 is 0 Å². The summed E-state index contributed by atoms with van der Waals surface area (Å²) in [5.74, 6) is -0.644. The van der Waals surface area contributed by atoms with Gasteiger partial charge in [0, 0.05) is 12.4 Å². The van der Waals surface area contributed by atoms with Crippen LogP contribution in [0.1, 0.15) is 13.3 Å². The Kier molecular flexibility index (Phi) is 6.95. The van der Waals surface area contributed by atoms with E-state index in [9.17, 15) is 9.59 Å². The molecule has 14 heavy (non-hydrogen) atoms. The first kappa shape index (κ1) is 12.3. The molecule has 0 spiro atoms. The third kappa shape index (κ3) is 8.39.